The predicted octanol–water partition coefficient (Wildman–Crippen LogP) is 3.66. The van der Waals surface area contributed by atoms with E-state index in [4.69, 9.17) is 4.98 Å². The number of nitrogens with zero attached hydrogens (tertiary/aromatic N) is 2. The minimum atomic E-state index is -0.678. The number of carboxylic acids is 1. The van der Waals surface area contributed by atoms with E-state index < -0.39 is 11.5 Å². The summed E-state index contributed by atoms with van der Waals surface area (Å²) in [4.78, 5) is 18.7. The first-order chi connectivity index (χ1) is 9.79. The molecule has 0 amide bonds. The van der Waals surface area contributed by atoms with Crippen LogP contribution in [0.15, 0.2) is 5.38 Å². The lowest BCUT2D eigenvalue weighted by Crippen LogP contribution is -2.49. The van der Waals surface area contributed by atoms with Crippen LogP contribution in [0, 0.1) is 0 Å². The van der Waals surface area contributed by atoms with Crippen LogP contribution in [-0.2, 0) is 16.8 Å². The quantitative estimate of drug-likeness (QED) is 0.901. The third-order valence-corrected chi connectivity index (χ3v) is 5.17. The van der Waals surface area contributed by atoms with Crippen molar-refractivity contribution in [2.24, 2.45) is 0 Å². The van der Waals surface area contributed by atoms with Crippen molar-refractivity contribution in [3.63, 3.8) is 0 Å². The lowest BCUT2D eigenvalue weighted by molar-refractivity contribution is -0.150. The third kappa shape index (κ3) is 3.29. The minimum Gasteiger partial charge on any atom is -0.480 e. The molecule has 1 fully saturated rings. The van der Waals surface area contributed by atoms with Crippen LogP contribution >= 0.6 is 11.3 Å². The molecule has 0 bridgehead atoms. The summed E-state index contributed by atoms with van der Waals surface area (Å²) < 4.78 is 0. The third-order valence-electron chi connectivity index (χ3n) is 4.33. The number of carboxylic acid groups (broad SMARTS) is 1. The Labute approximate surface area is 131 Å². The summed E-state index contributed by atoms with van der Waals surface area (Å²) in [5, 5.41) is 12.9. The number of aliphatic carboxylic acids is 1. The highest BCUT2D eigenvalue weighted by molar-refractivity contribution is 7.09. The highest BCUT2D eigenvalue weighted by Crippen LogP contribution is 2.36. The fraction of sp³-hybridized carbons (Fsp3) is 0.750. The average Bonchev–Trinajstić information content (AvgIpc) is 2.98. The molecule has 1 aromatic rings. The van der Waals surface area contributed by atoms with E-state index in [1.807, 2.05) is 0 Å². The van der Waals surface area contributed by atoms with Crippen molar-refractivity contribution in [3.05, 3.63) is 16.1 Å². The first-order valence-electron chi connectivity index (χ1n) is 7.73. The molecule has 1 saturated heterocycles. The van der Waals surface area contributed by atoms with Gasteiger partial charge in [-0.25, -0.2) is 4.98 Å². The molecule has 1 unspecified atom stereocenters. The molecule has 1 atom stereocenters. The van der Waals surface area contributed by atoms with Crippen LogP contribution in [0.5, 0.6) is 0 Å². The minimum absolute atomic E-state index is 0.0487. The summed E-state index contributed by atoms with van der Waals surface area (Å²) in [6.07, 6.45) is 3.34. The fourth-order valence-corrected chi connectivity index (χ4v) is 4.14. The van der Waals surface area contributed by atoms with Gasteiger partial charge in [0.1, 0.15) is 10.5 Å². The Hall–Kier alpha value is -0.940. The molecule has 1 N–H and O–H groups in total. The highest BCUT2D eigenvalue weighted by atomic mass is 32.1. The van der Waals surface area contributed by atoms with Crippen LogP contribution < -0.4 is 0 Å². The molecule has 4 nitrogen and oxygen atoms in total. The summed E-state index contributed by atoms with van der Waals surface area (Å²) in [6, 6.07) is 0. The Morgan fingerprint density at radius 1 is 1.52 bits per heavy atom. The second-order valence-corrected chi connectivity index (χ2v) is 7.93. The van der Waals surface area contributed by atoms with Gasteiger partial charge in [0.25, 0.3) is 0 Å². The van der Waals surface area contributed by atoms with Crippen LogP contribution in [-0.4, -0.2) is 33.0 Å². The monoisotopic (exact) mass is 310 g/mol. The molecule has 0 aliphatic carbocycles. The average molecular weight is 310 g/mol. The van der Waals surface area contributed by atoms with Crippen LogP contribution in [0.4, 0.5) is 0 Å². The van der Waals surface area contributed by atoms with Crippen molar-refractivity contribution < 1.29 is 9.90 Å². The molecule has 118 valence electrons. The number of hydrogen-bond acceptors (Lipinski definition) is 4. The summed E-state index contributed by atoms with van der Waals surface area (Å²) in [7, 11) is 0. The summed E-state index contributed by atoms with van der Waals surface area (Å²) >= 11 is 1.65. The number of aromatic nitrogens is 1. The molecule has 1 aliphatic rings. The zero-order valence-electron chi connectivity index (χ0n) is 13.5. The number of hydrogen-bond donors (Lipinski definition) is 1. The Morgan fingerprint density at radius 3 is 2.76 bits per heavy atom. The molecule has 2 heterocycles. The molecule has 21 heavy (non-hydrogen) atoms. The maximum absolute atomic E-state index is 11.8. The second-order valence-electron chi connectivity index (χ2n) is 6.99. The number of rotatable bonds is 5. The van der Waals surface area contributed by atoms with Crippen molar-refractivity contribution in [3.8, 4) is 0 Å². The predicted molar refractivity (Wildman–Crippen MR) is 85.7 cm³/mol. The molecule has 2 rings (SSSR count). The van der Waals surface area contributed by atoms with E-state index in [9.17, 15) is 9.90 Å². The van der Waals surface area contributed by atoms with Gasteiger partial charge in [0.2, 0.25) is 0 Å². The van der Waals surface area contributed by atoms with E-state index >= 15 is 0 Å². The first kappa shape index (κ1) is 16.4. The standard InChI is InChI=1S/C16H26N2O2S/c1-5-7-16(14(19)20)8-6-9-18(16)10-13-17-12(11-21-13)15(2,3)4/h11H,5-10H2,1-4H3,(H,19,20). The van der Waals surface area contributed by atoms with Gasteiger partial charge < -0.3 is 5.11 Å². The van der Waals surface area contributed by atoms with Gasteiger partial charge in [-0.1, -0.05) is 34.1 Å². The van der Waals surface area contributed by atoms with Gasteiger partial charge in [0.15, 0.2) is 0 Å². The van der Waals surface area contributed by atoms with Gasteiger partial charge >= 0.3 is 5.97 Å². The van der Waals surface area contributed by atoms with E-state index in [2.05, 4.69) is 38.0 Å². The molecule has 0 spiro atoms. The van der Waals surface area contributed by atoms with Crippen molar-refractivity contribution in [1.29, 1.82) is 0 Å². The normalized spacial score (nSPS) is 23.6. The van der Waals surface area contributed by atoms with Crippen molar-refractivity contribution >= 4 is 17.3 Å². The van der Waals surface area contributed by atoms with Crippen molar-refractivity contribution in [1.82, 2.24) is 9.88 Å². The van der Waals surface area contributed by atoms with Crippen LogP contribution in [0.3, 0.4) is 0 Å². The highest BCUT2D eigenvalue weighted by Gasteiger charge is 2.46. The van der Waals surface area contributed by atoms with E-state index in [0.29, 0.717) is 6.54 Å². The first-order valence-corrected chi connectivity index (χ1v) is 8.61. The summed E-state index contributed by atoms with van der Waals surface area (Å²) in [6.45, 7) is 10.0. The molecule has 1 aromatic heterocycles. The van der Waals surface area contributed by atoms with E-state index in [1.165, 1.54) is 0 Å². The van der Waals surface area contributed by atoms with Gasteiger partial charge in [0.05, 0.1) is 12.2 Å². The summed E-state index contributed by atoms with van der Waals surface area (Å²) in [5.74, 6) is -0.672. The smallest absolute Gasteiger partial charge is 0.324 e. The molecule has 0 aromatic carbocycles. The van der Waals surface area contributed by atoms with Gasteiger partial charge in [-0.15, -0.1) is 11.3 Å². The van der Waals surface area contributed by atoms with Gasteiger partial charge in [-0.05, 0) is 25.8 Å². The zero-order valence-corrected chi connectivity index (χ0v) is 14.3. The van der Waals surface area contributed by atoms with Crippen LogP contribution in [0.2, 0.25) is 0 Å². The van der Waals surface area contributed by atoms with E-state index in [-0.39, 0.29) is 5.41 Å². The number of carbonyl (C=O) groups is 1. The maximum atomic E-state index is 11.8. The zero-order chi connectivity index (χ0) is 15.7. The van der Waals surface area contributed by atoms with Crippen molar-refractivity contribution in [2.75, 3.05) is 6.54 Å². The summed E-state index contributed by atoms with van der Waals surface area (Å²) in [5.41, 5.74) is 0.466. The molecular formula is C16H26N2O2S. The topological polar surface area (TPSA) is 53.4 Å². The van der Waals surface area contributed by atoms with Crippen molar-refractivity contribution in [2.45, 2.75) is 70.9 Å². The SMILES string of the molecule is CCCC1(C(=O)O)CCCN1Cc1nc(C(C)(C)C)cs1. The molecule has 1 aliphatic heterocycles. The molecule has 0 radical (unpaired) electrons. The molecular weight excluding hydrogens is 284 g/mol. The van der Waals surface area contributed by atoms with E-state index in [0.717, 1.165) is 42.9 Å². The van der Waals surface area contributed by atoms with Gasteiger partial charge in [-0.2, -0.15) is 0 Å². The second kappa shape index (κ2) is 6.05. The van der Waals surface area contributed by atoms with E-state index in [1.54, 1.807) is 11.3 Å². The maximum Gasteiger partial charge on any atom is 0.324 e. The molecule has 0 saturated carbocycles. The lowest BCUT2D eigenvalue weighted by atomic mass is 9.90. The van der Waals surface area contributed by atoms with Gasteiger partial charge in [0, 0.05) is 10.8 Å². The van der Waals surface area contributed by atoms with Crippen LogP contribution in [0.25, 0.3) is 0 Å². The van der Waals surface area contributed by atoms with Crippen LogP contribution in [0.1, 0.15) is 64.1 Å². The fourth-order valence-electron chi connectivity index (χ4n) is 3.10. The Kier molecular flexibility index (Phi) is 4.73. The lowest BCUT2D eigenvalue weighted by Gasteiger charge is -2.34. The Morgan fingerprint density at radius 2 is 2.24 bits per heavy atom. The molecule has 5 heteroatoms. The number of thiazole rings is 1. The Bertz CT molecular complexity index is 507. The Balaban J connectivity index is 2.17. The van der Waals surface area contributed by atoms with Gasteiger partial charge in [-0.3, -0.25) is 9.69 Å². The largest absolute Gasteiger partial charge is 0.480 e. The number of likely N-dealkylation sites (tertiary alicyclic amines) is 1.